The van der Waals surface area contributed by atoms with Crippen LogP contribution in [-0.4, -0.2) is 9.97 Å². The predicted octanol–water partition coefficient (Wildman–Crippen LogP) is 15.6. The summed E-state index contributed by atoms with van der Waals surface area (Å²) in [5, 5.41) is 6.38. The van der Waals surface area contributed by atoms with E-state index >= 15 is 0 Å². The van der Waals surface area contributed by atoms with E-state index < -0.39 is 0 Å². The van der Waals surface area contributed by atoms with Crippen LogP contribution in [0.15, 0.2) is 221 Å². The lowest BCUT2D eigenvalue weighted by Crippen LogP contribution is -2.10. The Hall–Kier alpha value is -8.28. The third-order valence-electron chi connectivity index (χ3n) is 11.7. The number of benzene rings is 9. The van der Waals surface area contributed by atoms with Gasteiger partial charge in [-0.25, -0.2) is 9.97 Å². The van der Waals surface area contributed by atoms with E-state index in [9.17, 15) is 0 Å². The zero-order valence-electron chi connectivity index (χ0n) is 32.9. The van der Waals surface area contributed by atoms with Crippen LogP contribution < -0.4 is 4.90 Å². The molecule has 3 aromatic heterocycles. The maximum Gasteiger partial charge on any atom is 0.161 e. The van der Waals surface area contributed by atoms with Gasteiger partial charge in [0, 0.05) is 50.0 Å². The van der Waals surface area contributed by atoms with Crippen molar-refractivity contribution in [3.63, 3.8) is 0 Å². The van der Waals surface area contributed by atoms with Crippen molar-refractivity contribution < 1.29 is 8.83 Å². The molecule has 0 N–H and O–H groups in total. The van der Waals surface area contributed by atoms with Gasteiger partial charge in [-0.2, -0.15) is 0 Å². The van der Waals surface area contributed by atoms with E-state index in [1.54, 1.807) is 0 Å². The van der Waals surface area contributed by atoms with E-state index in [1.807, 2.05) is 54.6 Å². The first-order chi connectivity index (χ1) is 30.2. The van der Waals surface area contributed by atoms with Crippen molar-refractivity contribution >= 4 is 71.7 Å². The van der Waals surface area contributed by atoms with Gasteiger partial charge in [-0.3, -0.25) is 0 Å². The molecule has 12 aromatic rings. The fourth-order valence-corrected chi connectivity index (χ4v) is 8.83. The number of aromatic nitrogens is 2. The minimum absolute atomic E-state index is 0.636. The van der Waals surface area contributed by atoms with Crippen LogP contribution >= 0.6 is 0 Å². The normalized spacial score (nSPS) is 11.6. The highest BCUT2D eigenvalue weighted by Crippen LogP contribution is 2.46. The van der Waals surface area contributed by atoms with Crippen molar-refractivity contribution in [1.29, 1.82) is 0 Å². The van der Waals surface area contributed by atoms with Crippen LogP contribution in [0.2, 0.25) is 0 Å². The van der Waals surface area contributed by atoms with Crippen molar-refractivity contribution in [2.75, 3.05) is 4.90 Å². The molecule has 0 fully saturated rings. The third kappa shape index (κ3) is 5.94. The Morgan fingerprint density at radius 3 is 1.69 bits per heavy atom. The summed E-state index contributed by atoms with van der Waals surface area (Å²) in [6.45, 7) is 0. The van der Waals surface area contributed by atoms with E-state index in [4.69, 9.17) is 18.8 Å². The molecule has 0 amide bonds. The minimum Gasteiger partial charge on any atom is -0.456 e. The van der Waals surface area contributed by atoms with E-state index in [-0.39, 0.29) is 0 Å². The highest BCUT2D eigenvalue weighted by atomic mass is 16.3. The number of nitrogens with zero attached hydrogens (tertiary/aromatic N) is 3. The minimum atomic E-state index is 0.636. The fraction of sp³-hybridized carbons (Fsp3) is 0. The number of rotatable bonds is 7. The SMILES string of the molecule is c1ccc(-c2ccc(-c3cc(-c4ccccc4)nc(-c4cccc5oc6cc(N(c7cccc8ccccc78)c7cccc8oc9ccccc9c78)ccc6c45)n3)cc2)cc1. The molecular weight excluding hydrogens is 747 g/mol. The predicted molar refractivity (Wildman–Crippen MR) is 251 cm³/mol. The molecule has 12 rings (SSSR count). The Morgan fingerprint density at radius 2 is 0.885 bits per heavy atom. The summed E-state index contributed by atoms with van der Waals surface area (Å²) in [4.78, 5) is 12.8. The number of para-hydroxylation sites is 1. The van der Waals surface area contributed by atoms with Crippen molar-refractivity contribution in [1.82, 2.24) is 9.97 Å². The van der Waals surface area contributed by atoms with Gasteiger partial charge in [-0.1, -0.05) is 158 Å². The average Bonchev–Trinajstić information content (AvgIpc) is 3.91. The van der Waals surface area contributed by atoms with Crippen LogP contribution in [0.4, 0.5) is 17.1 Å². The molecule has 0 unspecified atom stereocenters. The zero-order chi connectivity index (χ0) is 40.3. The van der Waals surface area contributed by atoms with Gasteiger partial charge in [0.1, 0.15) is 22.3 Å². The molecule has 0 aliphatic heterocycles. The first kappa shape index (κ1) is 34.7. The lowest BCUT2D eigenvalue weighted by Gasteiger charge is -2.27. The molecule has 0 saturated heterocycles. The molecule has 0 atom stereocenters. The molecule has 0 bridgehead atoms. The van der Waals surface area contributed by atoms with Crippen LogP contribution in [0, 0.1) is 0 Å². The molecule has 0 saturated carbocycles. The number of fused-ring (bicyclic) bond motifs is 7. The first-order valence-corrected chi connectivity index (χ1v) is 20.5. The maximum absolute atomic E-state index is 6.79. The molecule has 61 heavy (non-hydrogen) atoms. The molecule has 5 nitrogen and oxygen atoms in total. The van der Waals surface area contributed by atoms with Crippen LogP contribution in [0.1, 0.15) is 0 Å². The van der Waals surface area contributed by atoms with Crippen molar-refractivity contribution in [2.45, 2.75) is 0 Å². The van der Waals surface area contributed by atoms with Gasteiger partial charge < -0.3 is 13.7 Å². The second-order valence-corrected chi connectivity index (χ2v) is 15.3. The Labute approximate surface area is 351 Å². The van der Waals surface area contributed by atoms with Gasteiger partial charge in [-0.05, 0) is 65.0 Å². The van der Waals surface area contributed by atoms with Gasteiger partial charge >= 0.3 is 0 Å². The lowest BCUT2D eigenvalue weighted by atomic mass is 10.0. The monoisotopic (exact) mass is 781 g/mol. The second-order valence-electron chi connectivity index (χ2n) is 15.3. The molecule has 3 heterocycles. The number of anilines is 3. The quantitative estimate of drug-likeness (QED) is 0.161. The standard InChI is InChI=1S/C56H35N3O2/c1-3-14-36(15-4-1)37-28-30-40(31-29-37)47-35-46(39-17-5-2-6-18-39)57-56(58-47)45-22-12-26-51-54(45)44-33-32-41(34-53(44)61-51)59(48-23-11-19-38-16-7-8-20-42(38)48)49-24-13-27-52-55(49)43-21-9-10-25-50(43)60-52/h1-35H. The summed E-state index contributed by atoms with van der Waals surface area (Å²) < 4.78 is 13.2. The summed E-state index contributed by atoms with van der Waals surface area (Å²) in [5.74, 6) is 0.636. The summed E-state index contributed by atoms with van der Waals surface area (Å²) in [5.41, 5.74) is 13.3. The molecule has 0 aliphatic carbocycles. The Kier molecular flexibility index (Phi) is 8.10. The summed E-state index contributed by atoms with van der Waals surface area (Å²) in [6.07, 6.45) is 0. The van der Waals surface area contributed by atoms with E-state index in [0.717, 1.165) is 105 Å². The summed E-state index contributed by atoms with van der Waals surface area (Å²) >= 11 is 0. The first-order valence-electron chi connectivity index (χ1n) is 20.5. The molecule has 0 aliphatic rings. The van der Waals surface area contributed by atoms with Gasteiger partial charge in [-0.15, -0.1) is 0 Å². The molecule has 9 aromatic carbocycles. The summed E-state index contributed by atoms with van der Waals surface area (Å²) in [7, 11) is 0. The van der Waals surface area contributed by atoms with Crippen molar-refractivity contribution in [2.24, 2.45) is 0 Å². The largest absolute Gasteiger partial charge is 0.456 e. The van der Waals surface area contributed by atoms with E-state index in [0.29, 0.717) is 5.82 Å². The van der Waals surface area contributed by atoms with Crippen molar-refractivity contribution in [3.05, 3.63) is 212 Å². The number of furan rings is 2. The van der Waals surface area contributed by atoms with Gasteiger partial charge in [0.05, 0.1) is 28.1 Å². The maximum atomic E-state index is 6.79. The van der Waals surface area contributed by atoms with Crippen LogP contribution in [0.5, 0.6) is 0 Å². The van der Waals surface area contributed by atoms with Gasteiger partial charge in [0.2, 0.25) is 0 Å². The molecule has 0 spiro atoms. The molecule has 5 heteroatoms. The second kappa shape index (κ2) is 14.2. The smallest absolute Gasteiger partial charge is 0.161 e. The highest BCUT2D eigenvalue weighted by Gasteiger charge is 2.23. The summed E-state index contributed by atoms with van der Waals surface area (Å²) in [6, 6.07) is 73.7. The fourth-order valence-electron chi connectivity index (χ4n) is 8.83. The molecule has 286 valence electrons. The van der Waals surface area contributed by atoms with Crippen LogP contribution in [0.3, 0.4) is 0 Å². The van der Waals surface area contributed by atoms with Crippen LogP contribution in [0.25, 0.3) is 99.7 Å². The van der Waals surface area contributed by atoms with E-state index in [1.165, 1.54) is 5.56 Å². The van der Waals surface area contributed by atoms with Crippen LogP contribution in [-0.2, 0) is 0 Å². The van der Waals surface area contributed by atoms with Gasteiger partial charge in [0.25, 0.3) is 0 Å². The van der Waals surface area contributed by atoms with Gasteiger partial charge in [0.15, 0.2) is 5.82 Å². The Morgan fingerprint density at radius 1 is 0.344 bits per heavy atom. The third-order valence-corrected chi connectivity index (χ3v) is 11.7. The lowest BCUT2D eigenvalue weighted by molar-refractivity contribution is 0.669. The average molecular weight is 782 g/mol. The van der Waals surface area contributed by atoms with Crippen molar-refractivity contribution in [3.8, 4) is 45.0 Å². The topological polar surface area (TPSA) is 55.3 Å². The van der Waals surface area contributed by atoms with E-state index in [2.05, 4.69) is 163 Å². The Balaban J connectivity index is 1.04. The number of hydrogen-bond acceptors (Lipinski definition) is 5. The Bertz CT molecular complexity index is 3590. The molecular formula is C56H35N3O2. The highest BCUT2D eigenvalue weighted by molar-refractivity contribution is 6.16. The zero-order valence-corrected chi connectivity index (χ0v) is 32.9. The number of hydrogen-bond donors (Lipinski definition) is 0. The molecule has 0 radical (unpaired) electrons.